The van der Waals surface area contributed by atoms with Crippen molar-refractivity contribution < 1.29 is 13.2 Å². The molecular weight excluding hydrogens is 416 g/mol. The first-order chi connectivity index (χ1) is 14.9. The van der Waals surface area contributed by atoms with Gasteiger partial charge in [-0.1, -0.05) is 12.1 Å². The number of hydrogen-bond acceptors (Lipinski definition) is 7. The number of carbonyl (C=O) groups excluding carboxylic acids is 1. The summed E-state index contributed by atoms with van der Waals surface area (Å²) in [5.41, 5.74) is 1.58. The number of carbonyl (C=O) groups is 1. The number of anilines is 3. The molecule has 0 aliphatic carbocycles. The predicted octanol–water partition coefficient (Wildman–Crippen LogP) is 3.41. The van der Waals surface area contributed by atoms with Gasteiger partial charge in [-0.05, 0) is 61.5 Å². The molecule has 4 rings (SSSR count). The maximum absolute atomic E-state index is 12.6. The van der Waals surface area contributed by atoms with Gasteiger partial charge < -0.3 is 5.32 Å². The van der Waals surface area contributed by atoms with Crippen LogP contribution in [0, 0.1) is 0 Å². The molecule has 0 fully saturated rings. The summed E-state index contributed by atoms with van der Waals surface area (Å²) in [5, 5.41) is 15.4. The van der Waals surface area contributed by atoms with Gasteiger partial charge in [0.15, 0.2) is 17.4 Å². The molecule has 0 aliphatic heterocycles. The highest BCUT2D eigenvalue weighted by Crippen LogP contribution is 2.21. The fourth-order valence-electron chi connectivity index (χ4n) is 2.77. The monoisotopic (exact) mass is 434 g/mol. The number of benzene rings is 2. The van der Waals surface area contributed by atoms with Crippen LogP contribution >= 0.6 is 0 Å². The maximum atomic E-state index is 12.6. The Morgan fingerprint density at radius 3 is 2.19 bits per heavy atom. The summed E-state index contributed by atoms with van der Waals surface area (Å²) < 4.78 is 29.2. The zero-order valence-electron chi connectivity index (χ0n) is 16.4. The maximum Gasteiger partial charge on any atom is 0.261 e. The predicted molar refractivity (Wildman–Crippen MR) is 116 cm³/mol. The van der Waals surface area contributed by atoms with E-state index in [1.54, 1.807) is 59.5 Å². The van der Waals surface area contributed by atoms with Crippen LogP contribution in [0.3, 0.4) is 0 Å². The molecule has 0 saturated carbocycles. The van der Waals surface area contributed by atoms with E-state index in [-0.39, 0.29) is 10.7 Å². The van der Waals surface area contributed by atoms with Crippen molar-refractivity contribution in [3.63, 3.8) is 0 Å². The van der Waals surface area contributed by atoms with Crippen LogP contribution in [0.4, 0.5) is 17.2 Å². The molecule has 4 aromatic rings. The molecule has 2 aromatic heterocycles. The molecule has 156 valence electrons. The minimum atomic E-state index is -3.77. The van der Waals surface area contributed by atoms with E-state index in [4.69, 9.17) is 0 Å². The van der Waals surface area contributed by atoms with Crippen molar-refractivity contribution >= 4 is 33.0 Å². The Morgan fingerprint density at radius 1 is 0.903 bits per heavy atom. The Bertz CT molecular complexity index is 1290. The van der Waals surface area contributed by atoms with Gasteiger partial charge in [0.05, 0.1) is 4.90 Å². The second kappa shape index (κ2) is 8.36. The molecule has 0 bridgehead atoms. The molecule has 0 radical (unpaired) electrons. The van der Waals surface area contributed by atoms with Gasteiger partial charge in [-0.3, -0.25) is 9.52 Å². The Kier molecular flexibility index (Phi) is 5.46. The van der Waals surface area contributed by atoms with Crippen molar-refractivity contribution in [2.45, 2.75) is 11.8 Å². The largest absolute Gasteiger partial charge is 0.339 e. The van der Waals surface area contributed by atoms with E-state index in [2.05, 4.69) is 25.3 Å². The van der Waals surface area contributed by atoms with Crippen molar-refractivity contribution in [1.82, 2.24) is 20.0 Å². The van der Waals surface area contributed by atoms with Crippen LogP contribution in [0.1, 0.15) is 17.3 Å². The molecular formula is C21H18N6O3S. The third kappa shape index (κ3) is 4.75. The summed E-state index contributed by atoms with van der Waals surface area (Å²) in [6.07, 6.45) is 3.43. The zero-order chi connectivity index (χ0) is 21.8. The van der Waals surface area contributed by atoms with E-state index in [1.165, 1.54) is 31.2 Å². The Balaban J connectivity index is 1.42. The summed E-state index contributed by atoms with van der Waals surface area (Å²) in [4.78, 5) is 11.4. The Labute approximate surface area is 178 Å². The van der Waals surface area contributed by atoms with Crippen molar-refractivity contribution in [3.8, 4) is 5.82 Å². The number of Topliss-reactive ketones (excluding diaryl/α,β-unsaturated/α-hetero) is 1. The van der Waals surface area contributed by atoms with Crippen LogP contribution in [0.15, 0.2) is 84.0 Å². The lowest BCUT2D eigenvalue weighted by atomic mass is 10.2. The van der Waals surface area contributed by atoms with Crippen molar-refractivity contribution in [1.29, 1.82) is 0 Å². The van der Waals surface area contributed by atoms with Crippen LogP contribution in [0.2, 0.25) is 0 Å². The molecule has 0 saturated heterocycles. The molecule has 2 aromatic carbocycles. The Morgan fingerprint density at radius 2 is 1.61 bits per heavy atom. The summed E-state index contributed by atoms with van der Waals surface area (Å²) in [6.45, 7) is 1.43. The minimum absolute atomic E-state index is 0.0762. The summed E-state index contributed by atoms with van der Waals surface area (Å²) >= 11 is 0. The Hall–Kier alpha value is -4.05. The third-order valence-electron chi connectivity index (χ3n) is 4.37. The highest BCUT2D eigenvalue weighted by atomic mass is 32.2. The summed E-state index contributed by atoms with van der Waals surface area (Å²) in [7, 11) is -3.77. The molecule has 0 atom stereocenters. The minimum Gasteiger partial charge on any atom is -0.339 e. The molecule has 0 unspecified atom stereocenters. The van der Waals surface area contributed by atoms with Gasteiger partial charge in [-0.25, -0.2) is 13.1 Å². The smallest absolute Gasteiger partial charge is 0.261 e. The lowest BCUT2D eigenvalue weighted by Gasteiger charge is -2.10. The van der Waals surface area contributed by atoms with Crippen LogP contribution in [0.5, 0.6) is 0 Å². The second-order valence-corrected chi connectivity index (χ2v) is 8.30. The van der Waals surface area contributed by atoms with E-state index in [1.807, 2.05) is 0 Å². The van der Waals surface area contributed by atoms with E-state index in [0.29, 0.717) is 22.9 Å². The number of sulfonamides is 1. The van der Waals surface area contributed by atoms with Crippen LogP contribution in [-0.4, -0.2) is 34.2 Å². The standard InChI is InChI=1S/C21H18N6O3S/c1-15(28)16-3-9-19(10-4-16)31(29,30)26-18-7-5-17(6-8-18)23-20-11-12-21(25-24-20)27-14-2-13-22-27/h2-14,26H,1H3,(H,23,24). The molecule has 0 spiro atoms. The molecule has 10 heteroatoms. The first-order valence-corrected chi connectivity index (χ1v) is 10.7. The molecule has 31 heavy (non-hydrogen) atoms. The fraction of sp³-hybridized carbons (Fsp3) is 0.0476. The van der Waals surface area contributed by atoms with Gasteiger partial charge in [0.25, 0.3) is 10.0 Å². The summed E-state index contributed by atoms with van der Waals surface area (Å²) in [5.74, 6) is 1.01. The average Bonchev–Trinajstić information content (AvgIpc) is 3.30. The first-order valence-electron chi connectivity index (χ1n) is 9.25. The van der Waals surface area contributed by atoms with E-state index < -0.39 is 10.0 Å². The molecule has 2 N–H and O–H groups in total. The number of nitrogens with one attached hydrogen (secondary N) is 2. The van der Waals surface area contributed by atoms with Crippen LogP contribution in [0.25, 0.3) is 5.82 Å². The van der Waals surface area contributed by atoms with Gasteiger partial charge in [0.1, 0.15) is 0 Å². The highest BCUT2D eigenvalue weighted by Gasteiger charge is 2.14. The first kappa shape index (κ1) is 20.2. The zero-order valence-corrected chi connectivity index (χ0v) is 17.2. The van der Waals surface area contributed by atoms with Crippen molar-refractivity contribution in [2.24, 2.45) is 0 Å². The lowest BCUT2D eigenvalue weighted by molar-refractivity contribution is 0.101. The average molecular weight is 434 g/mol. The van der Waals surface area contributed by atoms with Crippen molar-refractivity contribution in [3.05, 3.63) is 84.7 Å². The van der Waals surface area contributed by atoms with E-state index in [0.717, 1.165) is 5.69 Å². The number of nitrogens with zero attached hydrogens (tertiary/aromatic N) is 4. The topological polar surface area (TPSA) is 119 Å². The van der Waals surface area contributed by atoms with Gasteiger partial charge >= 0.3 is 0 Å². The number of ketones is 1. The van der Waals surface area contributed by atoms with Gasteiger partial charge in [-0.15, -0.1) is 10.2 Å². The number of hydrogen-bond donors (Lipinski definition) is 2. The normalized spacial score (nSPS) is 11.1. The van der Waals surface area contributed by atoms with Crippen LogP contribution < -0.4 is 10.0 Å². The SMILES string of the molecule is CC(=O)c1ccc(S(=O)(=O)Nc2ccc(Nc3ccc(-n4cccn4)nn3)cc2)cc1. The fourth-order valence-corrected chi connectivity index (χ4v) is 3.83. The van der Waals surface area contributed by atoms with Crippen molar-refractivity contribution in [2.75, 3.05) is 10.0 Å². The number of rotatable bonds is 7. The second-order valence-electron chi connectivity index (χ2n) is 6.62. The summed E-state index contributed by atoms with van der Waals surface area (Å²) in [6, 6.07) is 17.8. The van der Waals surface area contributed by atoms with Crippen LogP contribution in [-0.2, 0) is 10.0 Å². The molecule has 0 aliphatic rings. The molecule has 2 heterocycles. The van der Waals surface area contributed by atoms with E-state index in [9.17, 15) is 13.2 Å². The third-order valence-corrected chi connectivity index (χ3v) is 5.77. The molecule has 9 nitrogen and oxygen atoms in total. The quantitative estimate of drug-likeness (QED) is 0.428. The number of aromatic nitrogens is 4. The van der Waals surface area contributed by atoms with Gasteiger partial charge in [0, 0.05) is 29.3 Å². The highest BCUT2D eigenvalue weighted by molar-refractivity contribution is 7.92. The van der Waals surface area contributed by atoms with E-state index >= 15 is 0 Å². The molecule has 0 amide bonds. The lowest BCUT2D eigenvalue weighted by Crippen LogP contribution is -2.13. The van der Waals surface area contributed by atoms with Gasteiger partial charge in [-0.2, -0.15) is 5.10 Å². The van der Waals surface area contributed by atoms with Gasteiger partial charge in [0.2, 0.25) is 0 Å².